The van der Waals surface area contributed by atoms with Gasteiger partial charge in [-0.1, -0.05) is 78.8 Å². The quantitative estimate of drug-likeness (QED) is 0.384. The number of benzene rings is 2. The molecule has 2 aromatic carbocycles. The molecule has 0 saturated heterocycles. The first-order chi connectivity index (χ1) is 15.9. The molecule has 0 saturated carbocycles. The van der Waals surface area contributed by atoms with E-state index in [9.17, 15) is 9.90 Å². The maximum Gasteiger partial charge on any atom is 0.217 e. The second-order valence-electron chi connectivity index (χ2n) is 10.9. The summed E-state index contributed by atoms with van der Waals surface area (Å²) in [4.78, 5) is 13.6. The van der Waals surface area contributed by atoms with Crippen molar-refractivity contribution < 1.29 is 9.90 Å². The molecule has 1 heterocycles. The number of phenols is 1. The van der Waals surface area contributed by atoms with Crippen molar-refractivity contribution in [3.8, 4) is 5.75 Å². The van der Waals surface area contributed by atoms with Crippen LogP contribution in [-0.4, -0.2) is 20.0 Å². The summed E-state index contributed by atoms with van der Waals surface area (Å²) in [6.45, 7) is 15.2. The second-order valence-corrected chi connectivity index (χ2v) is 11.3. The second kappa shape index (κ2) is 9.95. The molecule has 0 radical (unpaired) electrons. The molecule has 0 aliphatic rings. The monoisotopic (exact) mass is 525 g/mol. The lowest BCUT2D eigenvalue weighted by molar-refractivity contribution is 0.0969. The zero-order chi connectivity index (χ0) is 25.3. The van der Waals surface area contributed by atoms with Gasteiger partial charge in [0.25, 0.3) is 0 Å². The van der Waals surface area contributed by atoms with Crippen molar-refractivity contribution in [1.29, 1.82) is 0 Å². The fraction of sp³-hybridized carbons (Fsp3) is 0.429. The molecule has 6 heteroatoms. The number of aromatic nitrogens is 2. The number of carbonyl (C=O) groups is 1. The number of rotatable bonds is 6. The van der Waals surface area contributed by atoms with Gasteiger partial charge in [-0.25, -0.2) is 0 Å². The van der Waals surface area contributed by atoms with Crippen molar-refractivity contribution >= 4 is 21.9 Å². The van der Waals surface area contributed by atoms with Crippen LogP contribution in [0.4, 0.5) is 0 Å². The minimum atomic E-state index is -0.294. The van der Waals surface area contributed by atoms with Crippen LogP contribution in [0.15, 0.2) is 52.7 Å². The fourth-order valence-electron chi connectivity index (χ4n) is 4.21. The maximum atomic E-state index is 13.6. The van der Waals surface area contributed by atoms with Crippen LogP contribution in [0.5, 0.6) is 5.75 Å². The standard InChI is InChI=1S/C28H36BrN3O2/c1-8-21-17-31(16-19-12-10-9-11-13-19)26(30-29)32(21)18-24(33)20-14-22(27(2,3)4)25(34)23(15-20)28(5,6)7/h9-15,17,34H,8,16,18H2,1-7H3/b30-26-. The predicted molar refractivity (Wildman–Crippen MR) is 142 cm³/mol. The van der Waals surface area contributed by atoms with Crippen LogP contribution in [0.1, 0.15) is 81.2 Å². The number of halogens is 1. The fourth-order valence-corrected chi connectivity index (χ4v) is 4.60. The van der Waals surface area contributed by atoms with Crippen LogP contribution in [-0.2, 0) is 30.3 Å². The van der Waals surface area contributed by atoms with Crippen molar-refractivity contribution in [2.45, 2.75) is 78.8 Å². The Morgan fingerprint density at radius 2 is 1.56 bits per heavy atom. The highest BCUT2D eigenvalue weighted by Crippen LogP contribution is 2.39. The van der Waals surface area contributed by atoms with E-state index in [0.29, 0.717) is 17.7 Å². The minimum Gasteiger partial charge on any atom is -0.507 e. The molecular formula is C28H36BrN3O2. The van der Waals surface area contributed by atoms with Gasteiger partial charge in [-0.3, -0.25) is 4.79 Å². The van der Waals surface area contributed by atoms with E-state index >= 15 is 0 Å². The van der Waals surface area contributed by atoms with E-state index in [1.165, 1.54) is 5.56 Å². The summed E-state index contributed by atoms with van der Waals surface area (Å²) >= 11 is 3.29. The molecule has 5 nitrogen and oxygen atoms in total. The highest BCUT2D eigenvalue weighted by molar-refractivity contribution is 9.08. The summed E-state index contributed by atoms with van der Waals surface area (Å²) < 4.78 is 8.39. The van der Waals surface area contributed by atoms with E-state index in [1.54, 1.807) is 0 Å². The van der Waals surface area contributed by atoms with Gasteiger partial charge in [-0.15, -0.1) is 0 Å². The predicted octanol–water partition coefficient (Wildman–Crippen LogP) is 6.29. The van der Waals surface area contributed by atoms with Crippen molar-refractivity contribution in [2.24, 2.45) is 4.02 Å². The molecule has 182 valence electrons. The molecule has 0 aliphatic carbocycles. The number of aromatic hydroxyl groups is 1. The molecule has 1 aromatic heterocycles. The zero-order valence-corrected chi connectivity index (χ0v) is 22.9. The average molecular weight is 527 g/mol. The Hall–Kier alpha value is -2.60. The molecule has 0 atom stereocenters. The Labute approximate surface area is 211 Å². The van der Waals surface area contributed by atoms with Crippen LogP contribution in [0, 0.1) is 0 Å². The number of hydrogen-bond donors (Lipinski definition) is 1. The number of hydrogen-bond acceptors (Lipinski definition) is 3. The lowest BCUT2D eigenvalue weighted by atomic mass is 9.78. The number of ketones is 1. The number of imidazole rings is 1. The smallest absolute Gasteiger partial charge is 0.217 e. The summed E-state index contributed by atoms with van der Waals surface area (Å²) in [5.41, 5.74) is 4.49. The SMILES string of the molecule is CCc1cn(Cc2ccccc2)/c(=N/Br)n1CC(=O)c1cc(C(C)(C)C)c(O)c(C(C)(C)C)c1. The van der Waals surface area contributed by atoms with Gasteiger partial charge >= 0.3 is 0 Å². The summed E-state index contributed by atoms with van der Waals surface area (Å²) in [6.07, 6.45) is 2.85. The Morgan fingerprint density at radius 3 is 2.03 bits per heavy atom. The van der Waals surface area contributed by atoms with Crippen LogP contribution in [0.3, 0.4) is 0 Å². The normalized spacial score (nSPS) is 12.9. The topological polar surface area (TPSA) is 59.5 Å². The first kappa shape index (κ1) is 26.0. The summed E-state index contributed by atoms with van der Waals surface area (Å²) in [5, 5.41) is 11.0. The molecule has 0 unspecified atom stereocenters. The molecule has 0 bridgehead atoms. The number of nitrogens with zero attached hydrogens (tertiary/aromatic N) is 3. The van der Waals surface area contributed by atoms with Crippen LogP contribution in [0.2, 0.25) is 0 Å². The summed E-state index contributed by atoms with van der Waals surface area (Å²) in [6, 6.07) is 13.9. The highest BCUT2D eigenvalue weighted by Gasteiger charge is 2.28. The zero-order valence-electron chi connectivity index (χ0n) is 21.3. The van der Waals surface area contributed by atoms with Gasteiger partial charge in [-0.05, 0) is 34.9 Å². The van der Waals surface area contributed by atoms with Crippen molar-refractivity contribution in [2.75, 3.05) is 0 Å². The van der Waals surface area contributed by atoms with Gasteiger partial charge in [-0.2, -0.15) is 4.02 Å². The molecule has 1 N–H and O–H groups in total. The Balaban J connectivity index is 2.06. The van der Waals surface area contributed by atoms with E-state index in [0.717, 1.165) is 23.2 Å². The van der Waals surface area contributed by atoms with Crippen molar-refractivity contribution in [3.05, 3.63) is 82.2 Å². The van der Waals surface area contributed by atoms with E-state index in [1.807, 2.05) is 34.9 Å². The van der Waals surface area contributed by atoms with Gasteiger partial charge < -0.3 is 14.2 Å². The molecular weight excluding hydrogens is 490 g/mol. The van der Waals surface area contributed by atoms with Gasteiger partial charge in [0.05, 0.1) is 29.2 Å². The van der Waals surface area contributed by atoms with Gasteiger partial charge in [0.2, 0.25) is 5.62 Å². The van der Waals surface area contributed by atoms with Crippen molar-refractivity contribution in [3.63, 3.8) is 0 Å². The third-order valence-electron chi connectivity index (χ3n) is 6.13. The first-order valence-electron chi connectivity index (χ1n) is 11.8. The number of aryl methyl sites for hydroxylation is 1. The van der Waals surface area contributed by atoms with Crippen molar-refractivity contribution in [1.82, 2.24) is 9.13 Å². The number of Topliss-reactive ketones (excluding diaryl/α,β-unsaturated/α-hetero) is 1. The summed E-state index contributed by atoms with van der Waals surface area (Å²) in [5.74, 6) is 0.272. The third kappa shape index (κ3) is 5.54. The Bertz CT molecular complexity index is 1200. The van der Waals surface area contributed by atoms with E-state index in [4.69, 9.17) is 0 Å². The van der Waals surface area contributed by atoms with Crippen LogP contribution >= 0.6 is 16.1 Å². The van der Waals surface area contributed by atoms with Gasteiger partial charge in [0.15, 0.2) is 5.78 Å². The summed E-state index contributed by atoms with van der Waals surface area (Å²) in [7, 11) is 0. The van der Waals surface area contributed by atoms with Crippen LogP contribution < -0.4 is 5.62 Å². The third-order valence-corrected chi connectivity index (χ3v) is 6.45. The number of carbonyl (C=O) groups excluding carboxylic acids is 1. The average Bonchev–Trinajstić information content (AvgIpc) is 3.08. The molecule has 0 fully saturated rings. The largest absolute Gasteiger partial charge is 0.507 e. The molecule has 0 amide bonds. The van der Waals surface area contributed by atoms with E-state index < -0.39 is 0 Å². The molecule has 0 spiro atoms. The molecule has 3 rings (SSSR count). The van der Waals surface area contributed by atoms with E-state index in [-0.39, 0.29) is 28.9 Å². The lowest BCUT2D eigenvalue weighted by Gasteiger charge is -2.28. The van der Waals surface area contributed by atoms with Gasteiger partial charge in [0, 0.05) is 28.6 Å². The van der Waals surface area contributed by atoms with Crippen LogP contribution in [0.25, 0.3) is 0 Å². The highest BCUT2D eigenvalue weighted by atomic mass is 79.9. The molecule has 0 aliphatic heterocycles. The lowest BCUT2D eigenvalue weighted by Crippen LogP contribution is -2.29. The van der Waals surface area contributed by atoms with E-state index in [2.05, 4.69) is 91.5 Å². The molecule has 34 heavy (non-hydrogen) atoms. The molecule has 3 aromatic rings. The number of phenolic OH excluding ortho intramolecular Hbond substituents is 1. The Morgan fingerprint density at radius 1 is 1.00 bits per heavy atom. The van der Waals surface area contributed by atoms with Gasteiger partial charge in [0.1, 0.15) is 5.75 Å². The maximum absolute atomic E-state index is 13.6. The first-order valence-corrected chi connectivity index (χ1v) is 12.5. The minimum absolute atomic E-state index is 0.00874. The Kier molecular flexibility index (Phi) is 7.61.